The van der Waals surface area contributed by atoms with Gasteiger partial charge in [-0.25, -0.2) is 0 Å². The average Bonchev–Trinajstić information content (AvgIpc) is 2.53. The lowest BCUT2D eigenvalue weighted by molar-refractivity contribution is -0.156. The molecular formula is C14H24O3Si. The standard InChI is InChI=1S/C14H24O3Si/c1-10-7-8-12(9-18(4,5)6)14(10,11(2)15)13(16)17-3/h12H,1,7-9H2,2-6H3/t12-,14-/m1/s1. The first-order valence-electron chi connectivity index (χ1n) is 6.44. The monoisotopic (exact) mass is 268 g/mol. The van der Waals surface area contributed by atoms with Crippen LogP contribution in [0.3, 0.4) is 0 Å². The fraction of sp³-hybridized carbons (Fsp3) is 0.714. The number of hydrogen-bond donors (Lipinski definition) is 0. The third-order valence-corrected chi connectivity index (χ3v) is 5.60. The lowest BCUT2D eigenvalue weighted by atomic mass is 9.73. The first-order valence-corrected chi connectivity index (χ1v) is 10.1. The van der Waals surface area contributed by atoms with Crippen LogP contribution in [-0.4, -0.2) is 26.9 Å². The van der Waals surface area contributed by atoms with Gasteiger partial charge >= 0.3 is 5.97 Å². The van der Waals surface area contributed by atoms with E-state index in [1.54, 1.807) is 0 Å². The SMILES string of the molecule is C=C1CC[C@H](C[Si](C)(C)C)[C@@]1(C(C)=O)C(=O)OC. The molecular weight excluding hydrogens is 244 g/mol. The van der Waals surface area contributed by atoms with Crippen LogP contribution in [0, 0.1) is 11.3 Å². The summed E-state index contributed by atoms with van der Waals surface area (Å²) in [5.74, 6) is -0.456. The molecule has 0 aromatic carbocycles. The highest BCUT2D eigenvalue weighted by Gasteiger charge is 2.56. The Hall–Kier alpha value is -0.903. The van der Waals surface area contributed by atoms with Gasteiger partial charge in [0.2, 0.25) is 0 Å². The van der Waals surface area contributed by atoms with Gasteiger partial charge in [0, 0.05) is 8.07 Å². The van der Waals surface area contributed by atoms with Crippen LogP contribution in [0.2, 0.25) is 25.7 Å². The number of ether oxygens (including phenoxy) is 1. The van der Waals surface area contributed by atoms with Crippen LogP contribution in [0.5, 0.6) is 0 Å². The predicted molar refractivity (Wildman–Crippen MR) is 75.1 cm³/mol. The number of carbonyl (C=O) groups is 2. The van der Waals surface area contributed by atoms with Crippen LogP contribution < -0.4 is 0 Å². The lowest BCUT2D eigenvalue weighted by Crippen LogP contribution is -2.45. The van der Waals surface area contributed by atoms with Crippen molar-refractivity contribution < 1.29 is 14.3 Å². The topological polar surface area (TPSA) is 43.4 Å². The van der Waals surface area contributed by atoms with E-state index in [4.69, 9.17) is 4.74 Å². The minimum absolute atomic E-state index is 0.0709. The number of hydrogen-bond acceptors (Lipinski definition) is 3. The summed E-state index contributed by atoms with van der Waals surface area (Å²) in [4.78, 5) is 24.3. The Bertz CT molecular complexity index is 381. The van der Waals surface area contributed by atoms with Gasteiger partial charge < -0.3 is 4.74 Å². The summed E-state index contributed by atoms with van der Waals surface area (Å²) in [6.07, 6.45) is 1.63. The summed E-state index contributed by atoms with van der Waals surface area (Å²) in [5, 5.41) is 0. The predicted octanol–water partition coefficient (Wildman–Crippen LogP) is 3.04. The largest absolute Gasteiger partial charge is 0.468 e. The maximum atomic E-state index is 12.2. The zero-order chi connectivity index (χ0) is 14.1. The van der Waals surface area contributed by atoms with E-state index in [2.05, 4.69) is 26.2 Å². The van der Waals surface area contributed by atoms with E-state index in [-0.39, 0.29) is 11.7 Å². The molecule has 102 valence electrons. The summed E-state index contributed by atoms with van der Waals surface area (Å²) in [5.41, 5.74) is -0.334. The van der Waals surface area contributed by atoms with Gasteiger partial charge in [0.15, 0.2) is 5.78 Å². The third kappa shape index (κ3) is 2.44. The van der Waals surface area contributed by atoms with Crippen molar-refractivity contribution in [2.45, 2.75) is 45.5 Å². The zero-order valence-corrected chi connectivity index (χ0v) is 13.1. The van der Waals surface area contributed by atoms with E-state index < -0.39 is 19.5 Å². The zero-order valence-electron chi connectivity index (χ0n) is 12.1. The lowest BCUT2D eigenvalue weighted by Gasteiger charge is -2.34. The second kappa shape index (κ2) is 5.00. The Labute approximate surface area is 111 Å². The first-order chi connectivity index (χ1) is 8.16. The number of carbonyl (C=O) groups excluding carboxylic acids is 2. The second-order valence-electron chi connectivity index (χ2n) is 6.46. The molecule has 0 unspecified atom stereocenters. The summed E-state index contributed by atoms with van der Waals surface area (Å²) >= 11 is 0. The smallest absolute Gasteiger partial charge is 0.323 e. The molecule has 18 heavy (non-hydrogen) atoms. The van der Waals surface area contributed by atoms with E-state index in [1.807, 2.05) is 0 Å². The average molecular weight is 268 g/mol. The number of Topliss-reactive ketones (excluding diaryl/α,β-unsaturated/α-hetero) is 1. The Morgan fingerprint density at radius 1 is 1.44 bits per heavy atom. The Morgan fingerprint density at radius 2 is 2.00 bits per heavy atom. The highest BCUT2D eigenvalue weighted by atomic mass is 28.3. The quantitative estimate of drug-likeness (QED) is 0.341. The second-order valence-corrected chi connectivity index (χ2v) is 12.0. The molecule has 0 N–H and O–H groups in total. The van der Waals surface area contributed by atoms with Gasteiger partial charge in [0.25, 0.3) is 0 Å². The molecule has 0 aromatic heterocycles. The molecule has 1 aliphatic carbocycles. The molecule has 0 saturated heterocycles. The van der Waals surface area contributed by atoms with Crippen LogP contribution >= 0.6 is 0 Å². The van der Waals surface area contributed by atoms with Crippen LogP contribution in [0.4, 0.5) is 0 Å². The van der Waals surface area contributed by atoms with Crippen molar-refractivity contribution in [3.63, 3.8) is 0 Å². The molecule has 1 aliphatic rings. The molecule has 0 amide bonds. The molecule has 0 spiro atoms. The number of rotatable bonds is 4. The highest BCUT2D eigenvalue weighted by Crippen LogP contribution is 2.51. The maximum absolute atomic E-state index is 12.2. The summed E-state index contributed by atoms with van der Waals surface area (Å²) in [6.45, 7) is 12.2. The summed E-state index contributed by atoms with van der Waals surface area (Å²) in [6, 6.07) is 0.959. The van der Waals surface area contributed by atoms with Crippen molar-refractivity contribution in [1.29, 1.82) is 0 Å². The van der Waals surface area contributed by atoms with Gasteiger partial charge in [-0.3, -0.25) is 9.59 Å². The van der Waals surface area contributed by atoms with Crippen molar-refractivity contribution in [2.24, 2.45) is 11.3 Å². The van der Waals surface area contributed by atoms with Crippen LogP contribution in [0.25, 0.3) is 0 Å². The van der Waals surface area contributed by atoms with Crippen LogP contribution in [0.15, 0.2) is 12.2 Å². The molecule has 0 radical (unpaired) electrons. The molecule has 0 aromatic rings. The molecule has 4 heteroatoms. The van der Waals surface area contributed by atoms with Gasteiger partial charge in [-0.15, -0.1) is 0 Å². The molecule has 0 bridgehead atoms. The molecule has 1 saturated carbocycles. The van der Waals surface area contributed by atoms with Gasteiger partial charge in [-0.1, -0.05) is 37.8 Å². The minimum atomic E-state index is -1.35. The van der Waals surface area contributed by atoms with Gasteiger partial charge in [0.05, 0.1) is 7.11 Å². The maximum Gasteiger partial charge on any atom is 0.323 e. The Kier molecular flexibility index (Phi) is 4.21. The van der Waals surface area contributed by atoms with Crippen LogP contribution in [0.1, 0.15) is 19.8 Å². The number of ketones is 1. The first kappa shape index (κ1) is 15.2. The molecule has 0 heterocycles. The summed E-state index contributed by atoms with van der Waals surface area (Å²) in [7, 11) is 0.00514. The Balaban J connectivity index is 3.21. The van der Waals surface area contributed by atoms with Crippen LogP contribution in [-0.2, 0) is 14.3 Å². The van der Waals surface area contributed by atoms with E-state index in [0.29, 0.717) is 0 Å². The van der Waals surface area contributed by atoms with Crippen molar-refractivity contribution in [1.82, 2.24) is 0 Å². The van der Waals surface area contributed by atoms with Crippen molar-refractivity contribution >= 4 is 19.8 Å². The van der Waals surface area contributed by atoms with Gasteiger partial charge in [-0.05, 0) is 25.7 Å². The van der Waals surface area contributed by atoms with Gasteiger partial charge in [-0.2, -0.15) is 0 Å². The Morgan fingerprint density at radius 3 is 2.39 bits per heavy atom. The molecule has 3 nitrogen and oxygen atoms in total. The fourth-order valence-electron chi connectivity index (χ4n) is 3.20. The normalized spacial score (nSPS) is 28.3. The highest BCUT2D eigenvalue weighted by molar-refractivity contribution is 6.76. The van der Waals surface area contributed by atoms with Crippen molar-refractivity contribution in [3.05, 3.63) is 12.2 Å². The van der Waals surface area contributed by atoms with E-state index in [0.717, 1.165) is 24.5 Å². The number of esters is 1. The number of methoxy groups -OCH3 is 1. The molecule has 2 atom stereocenters. The third-order valence-electron chi connectivity index (χ3n) is 3.89. The molecule has 1 fully saturated rings. The van der Waals surface area contributed by atoms with E-state index in [1.165, 1.54) is 14.0 Å². The van der Waals surface area contributed by atoms with Gasteiger partial charge in [0.1, 0.15) is 5.41 Å². The van der Waals surface area contributed by atoms with E-state index >= 15 is 0 Å². The van der Waals surface area contributed by atoms with Crippen molar-refractivity contribution in [3.8, 4) is 0 Å². The molecule has 1 rings (SSSR count). The minimum Gasteiger partial charge on any atom is -0.468 e. The summed E-state index contributed by atoms with van der Waals surface area (Å²) < 4.78 is 4.91. The van der Waals surface area contributed by atoms with E-state index in [9.17, 15) is 9.59 Å². The fourth-order valence-corrected chi connectivity index (χ4v) is 5.19. The molecule has 0 aliphatic heterocycles. The van der Waals surface area contributed by atoms with Crippen molar-refractivity contribution in [2.75, 3.05) is 7.11 Å².